The summed E-state index contributed by atoms with van der Waals surface area (Å²) >= 11 is 1.57. The fourth-order valence-electron chi connectivity index (χ4n) is 4.92. The summed E-state index contributed by atoms with van der Waals surface area (Å²) in [6.45, 7) is 10.8. The molecule has 2 saturated heterocycles. The van der Waals surface area contributed by atoms with Gasteiger partial charge in [0.05, 0.1) is 34.7 Å². The Kier molecular flexibility index (Phi) is 8.71. The van der Waals surface area contributed by atoms with Crippen LogP contribution in [0.1, 0.15) is 77.4 Å². The van der Waals surface area contributed by atoms with Crippen LogP contribution in [0.2, 0.25) is 0 Å². The highest BCUT2D eigenvalue weighted by Crippen LogP contribution is 2.33. The maximum Gasteiger partial charge on any atom is 0.309 e. The van der Waals surface area contributed by atoms with Crippen LogP contribution < -0.4 is 5.32 Å². The molecule has 0 amide bonds. The number of esters is 1. The molecule has 190 valence electrons. The van der Waals surface area contributed by atoms with Crippen LogP contribution in [0.5, 0.6) is 0 Å². The molecule has 1 aromatic rings. The number of hydrogen-bond acceptors (Lipinski definition) is 8. The van der Waals surface area contributed by atoms with E-state index in [-0.39, 0.29) is 24.2 Å². The molecule has 2 fully saturated rings. The molecular formula is C26H40N2O5S. The minimum absolute atomic E-state index is 0.0264. The summed E-state index contributed by atoms with van der Waals surface area (Å²) in [5, 5.41) is 28.1. The van der Waals surface area contributed by atoms with Crippen LogP contribution in [-0.2, 0) is 14.3 Å². The molecule has 7 unspecified atom stereocenters. The summed E-state index contributed by atoms with van der Waals surface area (Å²) in [7, 11) is 0. The van der Waals surface area contributed by atoms with Crippen LogP contribution in [-0.4, -0.2) is 57.3 Å². The quantitative estimate of drug-likeness (QED) is 0.426. The Morgan fingerprint density at radius 3 is 2.59 bits per heavy atom. The average Bonchev–Trinajstić information content (AvgIpc) is 3.38. The maximum atomic E-state index is 13.2. The number of aryl methyl sites for hydroxylation is 1. The van der Waals surface area contributed by atoms with Crippen molar-refractivity contribution in [2.45, 2.75) is 104 Å². The van der Waals surface area contributed by atoms with Gasteiger partial charge in [0.25, 0.3) is 0 Å². The van der Waals surface area contributed by atoms with Gasteiger partial charge in [-0.2, -0.15) is 0 Å². The van der Waals surface area contributed by atoms with Gasteiger partial charge in [0.15, 0.2) is 0 Å². The molecule has 0 radical (unpaired) electrons. The number of rotatable bonds is 2. The van der Waals surface area contributed by atoms with E-state index in [0.29, 0.717) is 12.5 Å². The van der Waals surface area contributed by atoms with Crippen molar-refractivity contribution >= 4 is 29.2 Å². The number of hydrogen-bond donors (Lipinski definition) is 3. The number of thiazole rings is 1. The molecule has 7 nitrogen and oxygen atoms in total. The number of cyclic esters (lactones) is 1. The fraction of sp³-hybridized carbons (Fsp3) is 0.731. The van der Waals surface area contributed by atoms with Gasteiger partial charge in [-0.1, -0.05) is 34.1 Å². The lowest BCUT2D eigenvalue weighted by atomic mass is 9.73. The van der Waals surface area contributed by atoms with E-state index in [4.69, 9.17) is 4.74 Å². The van der Waals surface area contributed by atoms with Gasteiger partial charge < -0.3 is 20.3 Å². The molecule has 1 aromatic heterocycles. The molecule has 2 aliphatic heterocycles. The number of ether oxygens (including phenoxy) is 1. The number of Topliss-reactive ketones (excluding diaryl/α,β-unsaturated/α-hetero) is 1. The Labute approximate surface area is 207 Å². The summed E-state index contributed by atoms with van der Waals surface area (Å²) < 4.78 is 5.86. The number of aliphatic hydroxyl groups excluding tert-OH is 2. The monoisotopic (exact) mass is 492 g/mol. The second-order valence-electron chi connectivity index (χ2n) is 10.8. The average molecular weight is 493 g/mol. The predicted molar refractivity (Wildman–Crippen MR) is 133 cm³/mol. The van der Waals surface area contributed by atoms with E-state index >= 15 is 0 Å². The third-order valence-electron chi connectivity index (χ3n) is 7.58. The minimum Gasteiger partial charge on any atom is -0.458 e. The van der Waals surface area contributed by atoms with Crippen LogP contribution in [0.25, 0.3) is 6.08 Å². The molecule has 8 heteroatoms. The lowest BCUT2D eigenvalue weighted by Crippen LogP contribution is -2.45. The largest absolute Gasteiger partial charge is 0.458 e. The number of carbonyl (C=O) groups excluding carboxylic acids is 2. The first-order valence-electron chi connectivity index (χ1n) is 12.4. The molecule has 0 aliphatic carbocycles. The highest BCUT2D eigenvalue weighted by Gasteiger charge is 2.43. The molecule has 0 bridgehead atoms. The van der Waals surface area contributed by atoms with Crippen molar-refractivity contribution in [3.8, 4) is 0 Å². The predicted octanol–water partition coefficient (Wildman–Crippen LogP) is 3.66. The van der Waals surface area contributed by atoms with E-state index in [1.165, 1.54) is 0 Å². The van der Waals surface area contributed by atoms with E-state index in [9.17, 15) is 19.8 Å². The summed E-state index contributed by atoms with van der Waals surface area (Å²) in [4.78, 5) is 30.5. The van der Waals surface area contributed by atoms with E-state index in [1.54, 1.807) is 32.1 Å². The lowest BCUT2D eigenvalue weighted by Gasteiger charge is -2.34. The van der Waals surface area contributed by atoms with Crippen molar-refractivity contribution < 1.29 is 24.5 Å². The van der Waals surface area contributed by atoms with Crippen LogP contribution in [0.15, 0.2) is 11.0 Å². The van der Waals surface area contributed by atoms with Crippen LogP contribution in [0.3, 0.4) is 0 Å². The standard InChI is InChI=1S/C26H40N2O5S/c1-14-8-7-9-19-20(28-19)11-21(15(2)10-18-13-34-17(4)27-18)33-23(30)12-22(29)26(5,6)25(32)16(3)24(14)31/h10,13-14,16,19-22,24,28-29,31H,7-9,11-12H2,1-6H3. The van der Waals surface area contributed by atoms with Crippen molar-refractivity contribution in [1.29, 1.82) is 0 Å². The van der Waals surface area contributed by atoms with Crippen LogP contribution in [0, 0.1) is 24.2 Å². The SMILES string of the molecule is CC(=Cc1csc(C)n1)C1CC2NC2CCCC(C)C(O)C(C)C(=O)C(C)(C)C(O)CC(=O)O1. The minimum atomic E-state index is -1.21. The highest BCUT2D eigenvalue weighted by atomic mass is 32.1. The molecule has 3 heterocycles. The first-order valence-corrected chi connectivity index (χ1v) is 13.2. The zero-order valence-corrected chi connectivity index (χ0v) is 22.0. The third-order valence-corrected chi connectivity index (χ3v) is 8.37. The van der Waals surface area contributed by atoms with Gasteiger partial charge in [-0.15, -0.1) is 11.3 Å². The smallest absolute Gasteiger partial charge is 0.309 e. The van der Waals surface area contributed by atoms with Crippen molar-refractivity contribution in [3.63, 3.8) is 0 Å². The Bertz CT molecular complexity index is 911. The number of ketones is 1. The zero-order valence-electron chi connectivity index (χ0n) is 21.2. The number of aliphatic hydroxyl groups is 2. The molecule has 2 aliphatic rings. The molecule has 0 saturated carbocycles. The number of fused-ring (bicyclic) bond motifs is 1. The maximum absolute atomic E-state index is 13.2. The Balaban J connectivity index is 1.81. The van der Waals surface area contributed by atoms with Gasteiger partial charge in [-0.25, -0.2) is 4.98 Å². The summed E-state index contributed by atoms with van der Waals surface area (Å²) in [5.41, 5.74) is 0.567. The topological polar surface area (TPSA) is 119 Å². The second-order valence-corrected chi connectivity index (χ2v) is 11.8. The van der Waals surface area contributed by atoms with Gasteiger partial charge in [0, 0.05) is 29.8 Å². The van der Waals surface area contributed by atoms with Crippen molar-refractivity contribution in [2.75, 3.05) is 0 Å². The molecule has 0 spiro atoms. The van der Waals surface area contributed by atoms with Gasteiger partial charge in [0.1, 0.15) is 11.9 Å². The van der Waals surface area contributed by atoms with E-state index in [0.717, 1.165) is 35.5 Å². The van der Waals surface area contributed by atoms with Crippen molar-refractivity contribution in [3.05, 3.63) is 21.7 Å². The van der Waals surface area contributed by atoms with Gasteiger partial charge >= 0.3 is 5.97 Å². The second kappa shape index (κ2) is 11.0. The van der Waals surface area contributed by atoms with Gasteiger partial charge in [-0.05, 0) is 44.3 Å². The van der Waals surface area contributed by atoms with Crippen molar-refractivity contribution in [1.82, 2.24) is 10.3 Å². The zero-order chi connectivity index (χ0) is 25.2. The third kappa shape index (κ3) is 6.53. The number of carbonyl (C=O) groups is 2. The number of aromatic nitrogens is 1. The van der Waals surface area contributed by atoms with Gasteiger partial charge in [0.2, 0.25) is 0 Å². The fourth-order valence-corrected chi connectivity index (χ4v) is 5.49. The normalized spacial score (nSPS) is 36.0. The van der Waals surface area contributed by atoms with E-state index in [1.807, 2.05) is 32.2 Å². The molecule has 3 rings (SSSR count). The summed E-state index contributed by atoms with van der Waals surface area (Å²) in [6, 6.07) is 0.615. The Morgan fingerprint density at radius 1 is 1.24 bits per heavy atom. The first-order chi connectivity index (χ1) is 15.9. The Hall–Kier alpha value is -1.61. The van der Waals surface area contributed by atoms with Crippen LogP contribution in [0.4, 0.5) is 0 Å². The molecular weight excluding hydrogens is 452 g/mol. The summed E-state index contributed by atoms with van der Waals surface area (Å²) in [6.07, 6.45) is 2.64. The molecule has 3 N–H and O–H groups in total. The number of nitrogens with one attached hydrogen (secondary N) is 1. The van der Waals surface area contributed by atoms with Crippen LogP contribution >= 0.6 is 11.3 Å². The van der Waals surface area contributed by atoms with Gasteiger partial charge in [-0.3, -0.25) is 9.59 Å². The Morgan fingerprint density at radius 2 is 1.94 bits per heavy atom. The molecule has 34 heavy (non-hydrogen) atoms. The lowest BCUT2D eigenvalue weighted by molar-refractivity contribution is -0.154. The highest BCUT2D eigenvalue weighted by molar-refractivity contribution is 7.09. The van der Waals surface area contributed by atoms with Crippen molar-refractivity contribution in [2.24, 2.45) is 17.3 Å². The van der Waals surface area contributed by atoms with E-state index in [2.05, 4.69) is 10.3 Å². The summed E-state index contributed by atoms with van der Waals surface area (Å²) in [5.74, 6) is -1.43. The van der Waals surface area contributed by atoms with E-state index < -0.39 is 35.6 Å². The molecule has 7 atom stereocenters. The number of nitrogens with zero attached hydrogens (tertiary/aromatic N) is 1. The first kappa shape index (κ1) is 27.0. The molecule has 0 aromatic carbocycles.